The Kier molecular flexibility index (Phi) is 26.6. The first-order valence-electron chi connectivity index (χ1n) is 35.8. The predicted octanol–water partition coefficient (Wildman–Crippen LogP) is 13.0. The van der Waals surface area contributed by atoms with Gasteiger partial charge in [0.25, 0.3) is 23.6 Å². The summed E-state index contributed by atoms with van der Waals surface area (Å²) in [6.45, 7) is 4.60. The highest BCUT2D eigenvalue weighted by Gasteiger charge is 2.60. The van der Waals surface area contributed by atoms with E-state index in [1.54, 1.807) is 50.2 Å². The number of hydrogen-bond acceptors (Lipinski definition) is 15. The van der Waals surface area contributed by atoms with E-state index in [0.717, 1.165) is 46.2 Å². The van der Waals surface area contributed by atoms with Gasteiger partial charge in [-0.1, -0.05) is 62.9 Å². The minimum absolute atomic E-state index is 0.0234. The van der Waals surface area contributed by atoms with Crippen molar-refractivity contribution in [2.45, 2.75) is 195 Å². The van der Waals surface area contributed by atoms with E-state index in [-0.39, 0.29) is 166 Å². The maximum atomic E-state index is 16.0. The van der Waals surface area contributed by atoms with Crippen LogP contribution in [0, 0.1) is 34.5 Å². The molecular weight excluding hydrogens is 1520 g/mol. The number of nitrogens with one attached hydrogen (secondary N) is 1. The summed E-state index contributed by atoms with van der Waals surface area (Å²) in [6.07, 6.45) is -16.0. The molecule has 110 heavy (non-hydrogen) atoms. The summed E-state index contributed by atoms with van der Waals surface area (Å²) < 4.78 is 215. The molecule has 2 N–H and O–H groups in total. The molecule has 4 aliphatic rings. The van der Waals surface area contributed by atoms with E-state index < -0.39 is 148 Å². The molecule has 5 atom stereocenters. The lowest BCUT2D eigenvalue weighted by Gasteiger charge is -2.53. The fraction of sp³-hybridized carbons (Fsp3) is 0.539. The molecule has 0 aliphatic carbocycles. The second-order valence-electron chi connectivity index (χ2n) is 28.3. The van der Waals surface area contributed by atoms with Crippen molar-refractivity contribution in [1.29, 1.82) is 10.5 Å². The molecule has 594 valence electrons. The highest BCUT2D eigenvalue weighted by Crippen LogP contribution is 2.48. The molecule has 0 spiro atoms. The average Bonchev–Trinajstić information content (AvgIpc) is 0.906. The van der Waals surface area contributed by atoms with Crippen LogP contribution >= 0.6 is 23.1 Å². The molecule has 4 saturated heterocycles. The number of alkyl halides is 12. The van der Waals surface area contributed by atoms with Crippen molar-refractivity contribution >= 4 is 62.7 Å². The van der Waals surface area contributed by atoms with Gasteiger partial charge in [-0.05, 0) is 119 Å². The van der Waals surface area contributed by atoms with Gasteiger partial charge in [-0.3, -0.25) is 33.7 Å². The molecular formula is C76H84F12N9O10S3+. The van der Waals surface area contributed by atoms with Gasteiger partial charge in [0.15, 0.2) is 18.0 Å². The Bertz CT molecular complexity index is 4480. The lowest BCUT2D eigenvalue weighted by Crippen LogP contribution is -2.69. The number of rotatable bonds is 25. The molecule has 4 aliphatic heterocycles. The molecule has 0 saturated carbocycles. The number of sulfonamides is 1. The Balaban J connectivity index is 1.06. The van der Waals surface area contributed by atoms with Crippen LogP contribution in [-0.2, 0) is 71.3 Å². The molecule has 3 aromatic heterocycles. The second kappa shape index (κ2) is 34.2. The summed E-state index contributed by atoms with van der Waals surface area (Å²) in [7, 11) is -3.89. The molecule has 5 unspecified atom stereocenters. The van der Waals surface area contributed by atoms with Gasteiger partial charge in [0, 0.05) is 107 Å². The molecule has 5 aromatic rings. The van der Waals surface area contributed by atoms with Gasteiger partial charge >= 0.3 is 24.7 Å². The van der Waals surface area contributed by atoms with Gasteiger partial charge < -0.3 is 34.2 Å². The number of halogens is 12. The van der Waals surface area contributed by atoms with Crippen molar-refractivity contribution in [3.05, 3.63) is 140 Å². The van der Waals surface area contributed by atoms with Crippen LogP contribution in [0.25, 0.3) is 5.69 Å². The van der Waals surface area contributed by atoms with Crippen LogP contribution in [0.3, 0.4) is 0 Å². The van der Waals surface area contributed by atoms with E-state index in [1.807, 2.05) is 4.72 Å². The number of aliphatic hydroxyl groups excluding tert-OH is 1. The van der Waals surface area contributed by atoms with E-state index >= 15 is 27.6 Å². The van der Waals surface area contributed by atoms with Crippen molar-refractivity contribution in [2.75, 3.05) is 63.6 Å². The van der Waals surface area contributed by atoms with Gasteiger partial charge in [0.2, 0.25) is 27.2 Å². The molecule has 9 rings (SSSR count). The Morgan fingerprint density at radius 2 is 1.26 bits per heavy atom. The smallest absolute Gasteiger partial charge is 0.425 e. The number of benzene rings is 2. The number of ether oxygens (including phenoxy) is 2. The van der Waals surface area contributed by atoms with Crippen LogP contribution < -0.4 is 14.0 Å². The number of carbonyl (C=O) groups is 5. The largest absolute Gasteiger partial charge is 0.474 e. The number of amides is 5. The van der Waals surface area contributed by atoms with Gasteiger partial charge in [0.05, 0.1) is 63.8 Å². The molecule has 0 radical (unpaired) electrons. The minimum atomic E-state index is -5.21. The maximum Gasteiger partial charge on any atom is 0.425 e. The summed E-state index contributed by atoms with van der Waals surface area (Å²) in [4.78, 5) is 82.1. The zero-order valence-electron chi connectivity index (χ0n) is 61.0. The van der Waals surface area contributed by atoms with Crippen LogP contribution in [0.5, 0.6) is 5.75 Å². The van der Waals surface area contributed by atoms with Crippen LogP contribution in [0.1, 0.15) is 177 Å². The van der Waals surface area contributed by atoms with E-state index in [4.69, 9.17) is 9.47 Å². The lowest BCUT2D eigenvalue weighted by atomic mass is 9.71. The van der Waals surface area contributed by atoms with Gasteiger partial charge in [-0.25, -0.2) is 8.42 Å². The summed E-state index contributed by atoms with van der Waals surface area (Å²) in [5, 5.41) is 33.6. The molecule has 4 fully saturated rings. The van der Waals surface area contributed by atoms with Gasteiger partial charge in [0.1, 0.15) is 21.8 Å². The van der Waals surface area contributed by atoms with Gasteiger partial charge in [-0.2, -0.15) is 67.8 Å². The average molecular weight is 1610 g/mol. The third-order valence-corrected chi connectivity index (χ3v) is 23.6. The lowest BCUT2D eigenvalue weighted by molar-refractivity contribution is -0.596. The summed E-state index contributed by atoms with van der Waals surface area (Å²) in [6, 6.07) is 15.3. The molecule has 0 bridgehead atoms. The number of aromatic nitrogens is 2. The van der Waals surface area contributed by atoms with Crippen molar-refractivity contribution in [3.8, 4) is 35.4 Å². The minimum Gasteiger partial charge on any atom is -0.474 e. The molecule has 7 heterocycles. The van der Waals surface area contributed by atoms with Crippen molar-refractivity contribution in [1.82, 2.24) is 29.3 Å². The van der Waals surface area contributed by atoms with E-state index in [0.29, 0.717) is 52.2 Å². The van der Waals surface area contributed by atoms with Gasteiger partial charge in [-0.15, -0.1) is 29.0 Å². The fourth-order valence-electron chi connectivity index (χ4n) is 15.9. The first-order valence-corrected chi connectivity index (χ1v) is 39.8. The number of carbonyl (C=O) groups excluding carboxylic acids is 5. The number of likely N-dealkylation sites (tertiary alicyclic amines) is 4. The maximum absolute atomic E-state index is 16.0. The van der Waals surface area contributed by atoms with Crippen molar-refractivity contribution < 1.29 is 104 Å². The Morgan fingerprint density at radius 3 is 1.80 bits per heavy atom. The number of pyridine rings is 2. The standard InChI is InChI=1S/C76H83F12N9O10S3/c1-6-14-60-71(106-53-42-62(109-45-53)76(86,87)88,26-12-33-96(60)64(100)54-43-91-32-23-58(54)74(80,81)82)66(102)93-36-30-70(47-90,31-37-93)57-21-20-52(41-51(57)17-11-40-98)95-35-24-59(75(83,84)85)55(44-95)65(101)97-34-13-27-72(61(97)15-7-2,107-68(4,25-8-3)48-108-49-73(77,78)79)67(103)94-38-28-69(46-89,29-39-94)56-18-10-9-16-50(56)19-22-63(99)92-110(5,104)105/h9-10,16,18,20-21,23-24,32,35,41-45,60-61,98H,6-7,11-15,17,19,22,26-31,33-34,36-40,48-49H2,1-5H3/p+1. The molecule has 5 amide bonds. The number of thiophene rings is 1. The summed E-state index contributed by atoms with van der Waals surface area (Å²) >= 11 is 0.691. The first kappa shape index (κ1) is 85.5. The van der Waals surface area contributed by atoms with E-state index in [9.17, 15) is 73.2 Å². The number of nitrogens with zero attached hydrogens (tertiary/aromatic N) is 8. The van der Waals surface area contributed by atoms with Crippen LogP contribution in [0.2, 0.25) is 0 Å². The third-order valence-electron chi connectivity index (χ3n) is 20.7. The van der Waals surface area contributed by atoms with E-state index in [2.05, 4.69) is 29.0 Å². The van der Waals surface area contributed by atoms with Crippen LogP contribution in [0.4, 0.5) is 52.7 Å². The fourth-order valence-corrected chi connectivity index (χ4v) is 17.9. The molecule has 19 nitrogen and oxygen atoms in total. The normalized spacial score (nSPS) is 21.0. The zero-order valence-corrected chi connectivity index (χ0v) is 63.4. The van der Waals surface area contributed by atoms with Crippen molar-refractivity contribution in [2.24, 2.45) is 0 Å². The number of aliphatic hydroxyl groups is 1. The topological polar surface area (TPSA) is 248 Å². The van der Waals surface area contributed by atoms with Crippen LogP contribution in [0.15, 0.2) is 90.8 Å². The quantitative estimate of drug-likeness (QED) is 0.0313. The molecule has 2 aromatic carbocycles. The van der Waals surface area contributed by atoms with Crippen LogP contribution in [-0.4, -0.2) is 166 Å². The Labute approximate surface area is 637 Å². The molecule has 34 heteroatoms. The monoisotopic (exact) mass is 1610 g/mol. The highest BCUT2D eigenvalue weighted by molar-refractivity contribution is 7.99. The van der Waals surface area contributed by atoms with E-state index in [1.165, 1.54) is 34.3 Å². The predicted molar refractivity (Wildman–Crippen MR) is 381 cm³/mol. The summed E-state index contributed by atoms with van der Waals surface area (Å²) in [5.74, 6) is -1.42. The highest BCUT2D eigenvalue weighted by atomic mass is 32.2. The number of thioether (sulfide) groups is 1. The SMILES string of the molecule is CC#CC(C)(CSCC(F)(F)F)OC1(C(=O)N2CCC(C#N)(c3ccccc3CCC(=O)NS(C)(=O)=O)CC2)CCCN(C(=O)c2c[n+](-c3ccc(C4(C#N)CCN(C(=O)C5(Oc6csc(C(F)(F)F)c6)CCCN(C(=O)c6cnccc6C(F)(F)F)C5CCC)CC4)c(CCCO)c3)ccc2C(F)(F)F)C1CCC. The second-order valence-corrected chi connectivity index (χ2v) is 32.0. The number of hydrogen-bond donors (Lipinski definition) is 2. The number of piperidine rings is 4. The summed E-state index contributed by atoms with van der Waals surface area (Å²) in [5.41, 5.74) is -11.5. The third kappa shape index (κ3) is 19.0. The Morgan fingerprint density at radius 1 is 0.709 bits per heavy atom. The van der Waals surface area contributed by atoms with Crippen molar-refractivity contribution in [3.63, 3.8) is 0 Å². The number of nitriles is 2. The Hall–Kier alpha value is -8.49. The first-order chi connectivity index (χ1) is 51.7. The number of aryl methyl sites for hydroxylation is 2. The zero-order chi connectivity index (χ0) is 80.6.